The molecule has 0 saturated heterocycles. The second-order valence-electron chi connectivity index (χ2n) is 17.2. The number of rotatable bonds is 6. The Kier molecular flexibility index (Phi) is 8.35. The number of nitrogens with zero attached hydrogens (tertiary/aromatic N) is 2. The molecule has 0 saturated carbocycles. The molecule has 9 aromatic rings. The van der Waals surface area contributed by atoms with Gasteiger partial charge >= 0.3 is 0 Å². The van der Waals surface area contributed by atoms with Gasteiger partial charge in [-0.25, -0.2) is 8.78 Å². The fraction of sp³-hybridized carbons (Fsp3) is 0.0526. The highest BCUT2D eigenvalue weighted by Gasteiger charge is 2.45. The molecule has 3 nitrogen and oxygen atoms in total. The molecule has 0 spiro atoms. The highest BCUT2D eigenvalue weighted by atomic mass is 19.1. The van der Waals surface area contributed by atoms with E-state index in [-0.39, 0.29) is 23.8 Å². The van der Waals surface area contributed by atoms with Crippen LogP contribution in [0.2, 0.25) is 0 Å². The van der Waals surface area contributed by atoms with E-state index < -0.39 is 0 Å². The largest absolute Gasteiger partial charge is 0.458 e. The predicted octanol–water partition coefficient (Wildman–Crippen LogP) is 13.5. The highest BCUT2D eigenvalue weighted by molar-refractivity contribution is 6.99. The van der Waals surface area contributed by atoms with Crippen LogP contribution in [0, 0.1) is 11.6 Å². The summed E-state index contributed by atoms with van der Waals surface area (Å²) >= 11 is 0. The van der Waals surface area contributed by atoms with Crippen molar-refractivity contribution in [2.24, 2.45) is 0 Å². The average molecular weight is 817 g/mol. The summed E-state index contributed by atoms with van der Waals surface area (Å²) in [6, 6.07) is 67.4. The lowest BCUT2D eigenvalue weighted by atomic mass is 9.34. The third-order valence-electron chi connectivity index (χ3n) is 13.2. The maximum atomic E-state index is 14.2. The van der Waals surface area contributed by atoms with E-state index in [1.807, 2.05) is 6.07 Å². The SMILES string of the molecule is CC1(C)c2cc(N(c3ccc(F)cc3)c3ccc(F)cc3)ccc2-c2cc3c(cc21)B1c2cc(-c4ccccc4)ccc2N(c2ccc(-c4ccccc4)cc2)c2cccc(c21)O3. The lowest BCUT2D eigenvalue weighted by molar-refractivity contribution is 0.487. The molecular weight excluding hydrogens is 777 g/mol. The number of benzene rings is 9. The van der Waals surface area contributed by atoms with E-state index in [1.54, 1.807) is 24.3 Å². The van der Waals surface area contributed by atoms with Crippen molar-refractivity contribution in [2.75, 3.05) is 9.80 Å². The summed E-state index contributed by atoms with van der Waals surface area (Å²) in [7, 11) is 0. The zero-order chi connectivity index (χ0) is 42.4. The van der Waals surface area contributed by atoms with Crippen LogP contribution in [-0.2, 0) is 5.41 Å². The van der Waals surface area contributed by atoms with E-state index in [2.05, 4.69) is 169 Å². The second-order valence-corrected chi connectivity index (χ2v) is 17.2. The van der Waals surface area contributed by atoms with E-state index in [9.17, 15) is 8.78 Å². The van der Waals surface area contributed by atoms with Gasteiger partial charge < -0.3 is 14.5 Å². The van der Waals surface area contributed by atoms with Gasteiger partial charge in [0.15, 0.2) is 0 Å². The van der Waals surface area contributed by atoms with Crippen molar-refractivity contribution in [3.63, 3.8) is 0 Å². The summed E-state index contributed by atoms with van der Waals surface area (Å²) in [5.74, 6) is 1.08. The van der Waals surface area contributed by atoms with Crippen molar-refractivity contribution < 1.29 is 13.5 Å². The molecule has 1 aliphatic carbocycles. The minimum absolute atomic E-state index is 0.0914. The molecule has 63 heavy (non-hydrogen) atoms. The molecule has 12 rings (SSSR count). The summed E-state index contributed by atoms with van der Waals surface area (Å²) in [6.07, 6.45) is 0. The molecule has 0 bridgehead atoms. The Balaban J connectivity index is 1.01. The Hall–Kier alpha value is -7.70. The van der Waals surface area contributed by atoms with Crippen molar-refractivity contribution >= 4 is 57.2 Å². The van der Waals surface area contributed by atoms with Crippen LogP contribution in [0.15, 0.2) is 200 Å². The van der Waals surface area contributed by atoms with Gasteiger partial charge in [0, 0.05) is 39.5 Å². The van der Waals surface area contributed by atoms with Crippen LogP contribution in [0.25, 0.3) is 33.4 Å². The quantitative estimate of drug-likeness (QED) is 0.156. The van der Waals surface area contributed by atoms with Crippen molar-refractivity contribution in [3.05, 3.63) is 223 Å². The molecule has 0 fully saturated rings. The molecule has 0 unspecified atom stereocenters. The lowest BCUT2D eigenvalue weighted by Crippen LogP contribution is -2.59. The van der Waals surface area contributed by atoms with Gasteiger partial charge in [0.1, 0.15) is 23.1 Å². The number of hydrogen-bond donors (Lipinski definition) is 0. The van der Waals surface area contributed by atoms with Crippen LogP contribution in [0.3, 0.4) is 0 Å². The van der Waals surface area contributed by atoms with Crippen LogP contribution >= 0.6 is 0 Å². The first kappa shape index (κ1) is 37.1. The normalized spacial score (nSPS) is 13.6. The zero-order valence-electron chi connectivity index (χ0n) is 34.7. The number of ether oxygens (including phenoxy) is 1. The Labute approximate surface area is 366 Å². The van der Waals surface area contributed by atoms with Gasteiger partial charge in [0.25, 0.3) is 6.71 Å². The number of halogens is 2. The minimum Gasteiger partial charge on any atom is -0.458 e. The molecule has 0 radical (unpaired) electrons. The number of anilines is 6. The lowest BCUT2D eigenvalue weighted by Gasteiger charge is -2.40. The third-order valence-corrected chi connectivity index (χ3v) is 13.2. The van der Waals surface area contributed by atoms with Crippen LogP contribution in [0.4, 0.5) is 42.9 Å². The Morgan fingerprint density at radius 3 is 1.71 bits per heavy atom. The van der Waals surface area contributed by atoms with Crippen LogP contribution in [-0.4, -0.2) is 6.71 Å². The smallest absolute Gasteiger partial charge is 0.256 e. The van der Waals surface area contributed by atoms with Gasteiger partial charge in [-0.05, 0) is 158 Å². The summed E-state index contributed by atoms with van der Waals surface area (Å²) in [5.41, 5.74) is 18.3. The number of fused-ring (bicyclic) bond motifs is 7. The van der Waals surface area contributed by atoms with E-state index in [0.717, 1.165) is 73.2 Å². The molecule has 3 aliphatic rings. The molecule has 0 N–H and O–H groups in total. The summed E-state index contributed by atoms with van der Waals surface area (Å²) < 4.78 is 35.4. The average Bonchev–Trinajstić information content (AvgIpc) is 3.54. The maximum absolute atomic E-state index is 14.2. The molecule has 0 atom stereocenters. The fourth-order valence-corrected chi connectivity index (χ4v) is 10.2. The van der Waals surface area contributed by atoms with Gasteiger partial charge in [0.05, 0.1) is 0 Å². The van der Waals surface area contributed by atoms with Crippen molar-refractivity contribution in [1.82, 2.24) is 0 Å². The molecule has 300 valence electrons. The maximum Gasteiger partial charge on any atom is 0.256 e. The second kappa shape index (κ2) is 14.2. The van der Waals surface area contributed by atoms with Crippen LogP contribution in [0.5, 0.6) is 11.5 Å². The van der Waals surface area contributed by atoms with Crippen LogP contribution < -0.4 is 30.9 Å². The highest BCUT2D eigenvalue weighted by Crippen LogP contribution is 2.52. The molecule has 6 heteroatoms. The summed E-state index contributed by atoms with van der Waals surface area (Å²) in [4.78, 5) is 4.44. The molecule has 0 amide bonds. The van der Waals surface area contributed by atoms with Gasteiger partial charge in [-0.3, -0.25) is 0 Å². The van der Waals surface area contributed by atoms with E-state index >= 15 is 0 Å². The van der Waals surface area contributed by atoms with E-state index in [0.29, 0.717) is 0 Å². The molecule has 0 aromatic heterocycles. The summed E-state index contributed by atoms with van der Waals surface area (Å²) in [6.45, 7) is 4.49. The van der Waals surface area contributed by atoms with Crippen molar-refractivity contribution in [2.45, 2.75) is 19.3 Å². The van der Waals surface area contributed by atoms with Gasteiger partial charge in [-0.2, -0.15) is 0 Å². The molecule has 2 aliphatic heterocycles. The number of hydrogen-bond acceptors (Lipinski definition) is 3. The van der Waals surface area contributed by atoms with Crippen molar-refractivity contribution in [3.8, 4) is 44.9 Å². The Morgan fingerprint density at radius 1 is 0.460 bits per heavy atom. The first-order valence-electron chi connectivity index (χ1n) is 21.4. The zero-order valence-corrected chi connectivity index (χ0v) is 34.7. The van der Waals surface area contributed by atoms with E-state index in [1.165, 1.54) is 57.5 Å². The first-order chi connectivity index (χ1) is 30.8. The predicted molar refractivity (Wildman–Crippen MR) is 255 cm³/mol. The Morgan fingerprint density at radius 2 is 1.05 bits per heavy atom. The fourth-order valence-electron chi connectivity index (χ4n) is 10.2. The third kappa shape index (κ3) is 5.93. The van der Waals surface area contributed by atoms with Gasteiger partial charge in [-0.1, -0.05) is 117 Å². The first-order valence-corrected chi connectivity index (χ1v) is 21.4. The minimum atomic E-state index is -0.386. The molecular formula is C57H39BF2N2O. The molecule has 9 aromatic carbocycles. The summed E-state index contributed by atoms with van der Waals surface area (Å²) in [5, 5.41) is 0. The van der Waals surface area contributed by atoms with Gasteiger partial charge in [-0.15, -0.1) is 0 Å². The topological polar surface area (TPSA) is 15.7 Å². The van der Waals surface area contributed by atoms with Crippen molar-refractivity contribution in [1.29, 1.82) is 0 Å². The Bertz CT molecular complexity index is 3200. The monoisotopic (exact) mass is 816 g/mol. The van der Waals surface area contributed by atoms with Crippen LogP contribution in [0.1, 0.15) is 25.0 Å². The molecule has 2 heterocycles. The standard InChI is InChI=1S/C57H39BF2N2O/c1-57(2)48-33-45(61(42-25-19-40(59)20-26-42)43-27-21-41(60)22-28-43)29-30-46(48)47-34-55-51(35-49(47)57)58-50-32-39(37-12-7-4-8-13-37)18-31-52(50)62(53-14-9-15-54(63-55)56(53)58)44-23-16-38(17-24-44)36-10-5-3-6-11-36/h3-35H,1-2H3. The van der Waals surface area contributed by atoms with E-state index in [4.69, 9.17) is 4.74 Å². The van der Waals surface area contributed by atoms with Gasteiger partial charge in [0.2, 0.25) is 0 Å².